The number of ether oxygens (including phenoxy) is 2. The Morgan fingerprint density at radius 1 is 1.23 bits per heavy atom. The average molecular weight is 712 g/mol. The fraction of sp³-hybridized carbons (Fsp3) is 0.192. The zero-order valence-corrected chi connectivity index (χ0v) is 24.2. The molecule has 6 nitrogen and oxygen atoms in total. The highest BCUT2D eigenvalue weighted by molar-refractivity contribution is 14.1. The van der Waals surface area contributed by atoms with Gasteiger partial charge in [-0.1, -0.05) is 61.2 Å². The van der Waals surface area contributed by atoms with E-state index in [-0.39, 0.29) is 5.56 Å². The van der Waals surface area contributed by atoms with Crippen LogP contribution in [0.5, 0.6) is 5.75 Å². The maximum atomic E-state index is 13.7. The third-order valence-electron chi connectivity index (χ3n) is 5.43. The Balaban J connectivity index is 1.92. The van der Waals surface area contributed by atoms with Crippen LogP contribution >= 0.6 is 56.5 Å². The van der Waals surface area contributed by atoms with E-state index in [0.29, 0.717) is 33.6 Å². The summed E-state index contributed by atoms with van der Waals surface area (Å²) in [4.78, 5) is 31.8. The van der Waals surface area contributed by atoms with Gasteiger partial charge in [-0.3, -0.25) is 9.36 Å². The number of hydrogen-bond donors (Lipinski definition) is 0. The lowest BCUT2D eigenvalue weighted by Gasteiger charge is -2.25. The van der Waals surface area contributed by atoms with Crippen LogP contribution in [-0.4, -0.2) is 24.3 Å². The van der Waals surface area contributed by atoms with E-state index in [0.717, 1.165) is 24.0 Å². The number of nitrogens with zero attached hydrogens (tertiary/aromatic N) is 2. The number of methoxy groups -OCH3 is 1. The van der Waals surface area contributed by atoms with Crippen molar-refractivity contribution in [2.75, 3.05) is 13.7 Å². The van der Waals surface area contributed by atoms with Crippen molar-refractivity contribution in [1.29, 1.82) is 0 Å². The molecule has 2 aromatic carbocycles. The predicted octanol–water partition coefficient (Wildman–Crippen LogP) is 4.57. The molecule has 0 bridgehead atoms. The number of rotatable bonds is 7. The molecule has 0 saturated heterocycles. The van der Waals surface area contributed by atoms with Crippen molar-refractivity contribution in [2.24, 2.45) is 4.99 Å². The van der Waals surface area contributed by atoms with Gasteiger partial charge in [0.05, 0.1) is 36.1 Å². The van der Waals surface area contributed by atoms with Crippen molar-refractivity contribution in [3.8, 4) is 5.75 Å². The van der Waals surface area contributed by atoms with Gasteiger partial charge in [0.15, 0.2) is 4.80 Å². The standard InChI is InChI=1S/C26H22I2N2O4S/c1-4-11-34-23-17(27)12-15(13-18(23)28)14-20-24(31)30-22(16-9-7-6-8-10-16)21(25(32)33-3)19(5-2)29-26(30)35-20/h4,6-10,12-14,22H,1,5,11H2,2-3H3/b20-14-/t22-/m0/s1. The van der Waals surface area contributed by atoms with E-state index < -0.39 is 12.0 Å². The van der Waals surface area contributed by atoms with Gasteiger partial charge in [0, 0.05) is 0 Å². The van der Waals surface area contributed by atoms with E-state index in [1.54, 1.807) is 10.6 Å². The Labute approximate surface area is 234 Å². The topological polar surface area (TPSA) is 69.9 Å². The molecule has 35 heavy (non-hydrogen) atoms. The zero-order chi connectivity index (χ0) is 25.1. The molecule has 0 radical (unpaired) electrons. The molecule has 0 N–H and O–H groups in total. The van der Waals surface area contributed by atoms with E-state index in [4.69, 9.17) is 14.5 Å². The number of thiazole rings is 1. The number of esters is 1. The molecular weight excluding hydrogens is 690 g/mol. The van der Waals surface area contributed by atoms with E-state index in [2.05, 4.69) is 51.8 Å². The van der Waals surface area contributed by atoms with Crippen LogP contribution in [0.2, 0.25) is 0 Å². The molecule has 0 saturated carbocycles. The van der Waals surface area contributed by atoms with Crippen LogP contribution in [0.1, 0.15) is 30.5 Å². The third-order valence-corrected chi connectivity index (χ3v) is 8.01. The number of benzene rings is 2. The molecule has 0 spiro atoms. The molecule has 2 heterocycles. The highest BCUT2D eigenvalue weighted by Gasteiger charge is 2.33. The highest BCUT2D eigenvalue weighted by atomic mass is 127. The van der Waals surface area contributed by atoms with Gasteiger partial charge in [0.2, 0.25) is 0 Å². The summed E-state index contributed by atoms with van der Waals surface area (Å²) in [6.07, 6.45) is 4.11. The first-order valence-corrected chi connectivity index (χ1v) is 13.8. The van der Waals surface area contributed by atoms with Gasteiger partial charge in [-0.15, -0.1) is 0 Å². The Morgan fingerprint density at radius 2 is 1.91 bits per heavy atom. The Bertz CT molecular complexity index is 1480. The van der Waals surface area contributed by atoms with Crippen molar-refractivity contribution in [1.82, 2.24) is 4.57 Å². The Morgan fingerprint density at radius 3 is 2.51 bits per heavy atom. The van der Waals surface area contributed by atoms with E-state index in [1.807, 2.05) is 55.5 Å². The SMILES string of the molecule is C=CCOc1c(I)cc(/C=c2\sc3n(c2=O)[C@@H](c2ccccc2)C(C(=O)OC)=C(CC)N=3)cc1I. The average Bonchev–Trinajstić information content (AvgIpc) is 3.16. The van der Waals surface area contributed by atoms with Gasteiger partial charge in [-0.25, -0.2) is 9.79 Å². The number of aromatic nitrogens is 1. The zero-order valence-electron chi connectivity index (χ0n) is 19.1. The monoisotopic (exact) mass is 712 g/mol. The number of hydrogen-bond acceptors (Lipinski definition) is 6. The van der Waals surface area contributed by atoms with Gasteiger partial charge >= 0.3 is 5.97 Å². The molecule has 0 fully saturated rings. The van der Waals surface area contributed by atoms with E-state index >= 15 is 0 Å². The van der Waals surface area contributed by atoms with Gasteiger partial charge in [0.1, 0.15) is 12.4 Å². The molecule has 9 heteroatoms. The van der Waals surface area contributed by atoms with Gasteiger partial charge in [-0.2, -0.15) is 0 Å². The van der Waals surface area contributed by atoms with E-state index in [1.165, 1.54) is 18.4 Å². The normalized spacial score (nSPS) is 15.4. The summed E-state index contributed by atoms with van der Waals surface area (Å²) >= 11 is 5.78. The summed E-state index contributed by atoms with van der Waals surface area (Å²) < 4.78 is 14.9. The minimum Gasteiger partial charge on any atom is -0.487 e. The number of carbonyl (C=O) groups excluding carboxylic acids is 1. The van der Waals surface area contributed by atoms with Crippen LogP contribution in [0.3, 0.4) is 0 Å². The lowest BCUT2D eigenvalue weighted by molar-refractivity contribution is -0.136. The first-order chi connectivity index (χ1) is 16.9. The second-order valence-corrected chi connectivity index (χ2v) is 10.9. The molecule has 0 amide bonds. The fourth-order valence-corrected chi connectivity index (χ4v) is 7.06. The van der Waals surface area contributed by atoms with Crippen LogP contribution in [0.25, 0.3) is 6.08 Å². The van der Waals surface area contributed by atoms with Crippen molar-refractivity contribution < 1.29 is 14.3 Å². The molecule has 1 aromatic heterocycles. The highest BCUT2D eigenvalue weighted by Crippen LogP contribution is 2.32. The second kappa shape index (κ2) is 11.2. The number of allylic oxidation sites excluding steroid dienone is 1. The van der Waals surface area contributed by atoms with Crippen LogP contribution in [-0.2, 0) is 9.53 Å². The molecule has 1 aliphatic heterocycles. The predicted molar refractivity (Wildman–Crippen MR) is 154 cm³/mol. The first kappa shape index (κ1) is 25.8. The van der Waals surface area contributed by atoms with Gasteiger partial charge < -0.3 is 9.47 Å². The van der Waals surface area contributed by atoms with Crippen molar-refractivity contribution in [2.45, 2.75) is 19.4 Å². The molecule has 1 atom stereocenters. The van der Waals surface area contributed by atoms with Crippen molar-refractivity contribution in [3.63, 3.8) is 0 Å². The summed E-state index contributed by atoms with van der Waals surface area (Å²) in [5.41, 5.74) is 2.54. The number of carbonyl (C=O) groups is 1. The third kappa shape index (κ3) is 5.17. The Kier molecular flexibility index (Phi) is 8.27. The van der Waals surface area contributed by atoms with Crippen molar-refractivity contribution >= 4 is 68.6 Å². The summed E-state index contributed by atoms with van der Waals surface area (Å²) in [7, 11) is 1.35. The van der Waals surface area contributed by atoms with Crippen LogP contribution in [0.4, 0.5) is 0 Å². The van der Waals surface area contributed by atoms with Crippen LogP contribution < -0.4 is 19.6 Å². The van der Waals surface area contributed by atoms with Gasteiger partial charge in [0.25, 0.3) is 5.56 Å². The molecule has 0 aliphatic carbocycles. The molecule has 3 aromatic rings. The maximum absolute atomic E-state index is 13.7. The van der Waals surface area contributed by atoms with Gasteiger partial charge in [-0.05, 0) is 80.9 Å². The second-order valence-electron chi connectivity index (χ2n) is 7.61. The minimum atomic E-state index is -0.605. The van der Waals surface area contributed by atoms with Crippen LogP contribution in [0.15, 0.2) is 76.2 Å². The Hall–Kier alpha value is -2.25. The molecule has 1 aliphatic rings. The summed E-state index contributed by atoms with van der Waals surface area (Å²) in [5, 5.41) is 0. The molecular formula is C26H22I2N2O4S. The molecule has 0 unspecified atom stereocenters. The molecule has 4 rings (SSSR count). The number of fused-ring (bicyclic) bond motifs is 1. The smallest absolute Gasteiger partial charge is 0.338 e. The lowest BCUT2D eigenvalue weighted by atomic mass is 9.95. The quantitative estimate of drug-likeness (QED) is 0.205. The summed E-state index contributed by atoms with van der Waals surface area (Å²) in [5.74, 6) is 0.317. The minimum absolute atomic E-state index is 0.198. The summed E-state index contributed by atoms with van der Waals surface area (Å²) in [6, 6.07) is 12.9. The lowest BCUT2D eigenvalue weighted by Crippen LogP contribution is -2.40. The summed E-state index contributed by atoms with van der Waals surface area (Å²) in [6.45, 7) is 6.06. The largest absolute Gasteiger partial charge is 0.487 e. The van der Waals surface area contributed by atoms with E-state index in [9.17, 15) is 9.59 Å². The van der Waals surface area contributed by atoms with Crippen molar-refractivity contribution in [3.05, 3.63) is 104 Å². The first-order valence-electron chi connectivity index (χ1n) is 10.8. The maximum Gasteiger partial charge on any atom is 0.338 e. The fourth-order valence-electron chi connectivity index (χ4n) is 3.91. The molecule has 180 valence electrons. The number of halogens is 2. The van der Waals surface area contributed by atoms with Crippen LogP contribution in [0, 0.1) is 7.14 Å².